The van der Waals surface area contributed by atoms with Crippen molar-refractivity contribution in [2.75, 3.05) is 6.54 Å². The molecule has 3 heterocycles. The van der Waals surface area contributed by atoms with Gasteiger partial charge in [0.25, 0.3) is 0 Å². The molecule has 0 radical (unpaired) electrons. The molecule has 1 aliphatic heterocycles. The van der Waals surface area contributed by atoms with Crippen LogP contribution in [0.4, 0.5) is 0 Å². The maximum atomic E-state index is 13.1. The third kappa shape index (κ3) is 3.68. The molecule has 1 aliphatic rings. The number of piperidine rings is 1. The van der Waals surface area contributed by atoms with Gasteiger partial charge in [0.15, 0.2) is 0 Å². The number of hydrogen-bond donors (Lipinski definition) is 0. The molecule has 28 heavy (non-hydrogen) atoms. The van der Waals surface area contributed by atoms with Gasteiger partial charge < -0.3 is 9.47 Å². The number of rotatable bonds is 5. The van der Waals surface area contributed by atoms with Gasteiger partial charge in [0.1, 0.15) is 0 Å². The van der Waals surface area contributed by atoms with Crippen molar-refractivity contribution < 1.29 is 4.79 Å². The Kier molecular flexibility index (Phi) is 5.47. The van der Waals surface area contributed by atoms with E-state index >= 15 is 0 Å². The second-order valence-electron chi connectivity index (χ2n) is 8.06. The maximum absolute atomic E-state index is 13.1. The summed E-state index contributed by atoms with van der Waals surface area (Å²) in [6, 6.07) is 13.2. The molecule has 4 nitrogen and oxygen atoms in total. The highest BCUT2D eigenvalue weighted by Crippen LogP contribution is 2.32. The first-order chi connectivity index (χ1) is 13.6. The zero-order valence-corrected chi connectivity index (χ0v) is 16.8. The molecule has 0 bridgehead atoms. The van der Waals surface area contributed by atoms with Crippen molar-refractivity contribution >= 4 is 16.8 Å². The minimum atomic E-state index is 0.173. The van der Waals surface area contributed by atoms with Crippen molar-refractivity contribution in [2.24, 2.45) is 0 Å². The third-order valence-electron chi connectivity index (χ3n) is 5.88. The van der Waals surface area contributed by atoms with E-state index in [1.807, 2.05) is 12.3 Å². The van der Waals surface area contributed by atoms with Crippen LogP contribution in [0.3, 0.4) is 0 Å². The number of hydrogen-bond acceptors (Lipinski definition) is 2. The highest BCUT2D eigenvalue weighted by Gasteiger charge is 2.28. The number of fused-ring (bicyclic) bond motifs is 1. The van der Waals surface area contributed by atoms with Gasteiger partial charge in [-0.25, -0.2) is 0 Å². The molecule has 1 fully saturated rings. The van der Waals surface area contributed by atoms with Crippen molar-refractivity contribution in [1.29, 1.82) is 0 Å². The maximum Gasteiger partial charge on any atom is 0.223 e. The first kappa shape index (κ1) is 18.7. The Morgan fingerprint density at radius 1 is 1.18 bits per heavy atom. The van der Waals surface area contributed by atoms with Crippen molar-refractivity contribution in [2.45, 2.75) is 58.0 Å². The molecule has 0 aliphatic carbocycles. The zero-order valence-electron chi connectivity index (χ0n) is 16.8. The number of carbonyl (C=O) groups excluding carboxylic acids is 1. The molecule has 1 atom stereocenters. The van der Waals surface area contributed by atoms with Gasteiger partial charge >= 0.3 is 0 Å². The molecule has 4 rings (SSSR count). The summed E-state index contributed by atoms with van der Waals surface area (Å²) in [6.45, 7) is 5.26. The largest absolute Gasteiger partial charge is 0.345 e. The first-order valence-electron chi connectivity index (χ1n) is 10.4. The van der Waals surface area contributed by atoms with E-state index < -0.39 is 0 Å². The van der Waals surface area contributed by atoms with Crippen LogP contribution in [0.25, 0.3) is 10.9 Å². The number of aromatic nitrogens is 2. The topological polar surface area (TPSA) is 38.1 Å². The standard InChI is InChI=1S/C24H29N3O/c1-18(2)27-17-20(21-9-3-4-11-23(21)27)12-13-24(28)26-15-6-5-10-22(26)19-8-7-14-25-16-19/h3-4,7-9,11,14,16-18,22H,5-6,10,12-13,15H2,1-2H3/t22-/m1/s1. The van der Waals surface area contributed by atoms with E-state index in [0.717, 1.165) is 31.4 Å². The summed E-state index contributed by atoms with van der Waals surface area (Å²) in [7, 11) is 0. The molecule has 0 saturated carbocycles. The van der Waals surface area contributed by atoms with Crippen LogP contribution in [-0.4, -0.2) is 26.9 Å². The Balaban J connectivity index is 1.52. The molecule has 1 saturated heterocycles. The van der Waals surface area contributed by atoms with Crippen LogP contribution in [0.2, 0.25) is 0 Å². The Morgan fingerprint density at radius 2 is 2.04 bits per heavy atom. The van der Waals surface area contributed by atoms with E-state index in [4.69, 9.17) is 0 Å². The summed E-state index contributed by atoms with van der Waals surface area (Å²) in [4.78, 5) is 19.5. The molecular weight excluding hydrogens is 346 g/mol. The fourth-order valence-corrected chi connectivity index (χ4v) is 4.44. The van der Waals surface area contributed by atoms with Crippen molar-refractivity contribution in [1.82, 2.24) is 14.5 Å². The average Bonchev–Trinajstić information content (AvgIpc) is 3.12. The first-order valence-corrected chi connectivity index (χ1v) is 10.4. The number of amides is 1. The monoisotopic (exact) mass is 375 g/mol. The Hall–Kier alpha value is -2.62. The number of para-hydroxylation sites is 1. The highest BCUT2D eigenvalue weighted by molar-refractivity contribution is 5.85. The van der Waals surface area contributed by atoms with Crippen LogP contribution in [-0.2, 0) is 11.2 Å². The molecule has 146 valence electrons. The fourth-order valence-electron chi connectivity index (χ4n) is 4.44. The summed E-state index contributed by atoms with van der Waals surface area (Å²) in [6.07, 6.45) is 10.6. The lowest BCUT2D eigenvalue weighted by Gasteiger charge is -2.36. The van der Waals surface area contributed by atoms with E-state index in [-0.39, 0.29) is 11.9 Å². The lowest BCUT2D eigenvalue weighted by atomic mass is 9.95. The van der Waals surface area contributed by atoms with Gasteiger partial charge in [0, 0.05) is 48.5 Å². The molecular formula is C24H29N3O. The second kappa shape index (κ2) is 8.17. The van der Waals surface area contributed by atoms with Gasteiger partial charge in [-0.05, 0) is 62.8 Å². The minimum Gasteiger partial charge on any atom is -0.345 e. The quantitative estimate of drug-likeness (QED) is 0.606. The summed E-state index contributed by atoms with van der Waals surface area (Å²) >= 11 is 0. The normalized spacial score (nSPS) is 17.4. The van der Waals surface area contributed by atoms with Crippen LogP contribution in [0.5, 0.6) is 0 Å². The van der Waals surface area contributed by atoms with Crippen LogP contribution in [0, 0.1) is 0 Å². The van der Waals surface area contributed by atoms with Crippen LogP contribution >= 0.6 is 0 Å². The predicted octanol–water partition coefficient (Wildman–Crippen LogP) is 5.30. The van der Waals surface area contributed by atoms with E-state index in [0.29, 0.717) is 12.5 Å². The summed E-state index contributed by atoms with van der Waals surface area (Å²) in [5.41, 5.74) is 3.69. The lowest BCUT2D eigenvalue weighted by molar-refractivity contribution is -0.135. The summed E-state index contributed by atoms with van der Waals surface area (Å²) in [5.74, 6) is 0.259. The number of aryl methyl sites for hydroxylation is 1. The Labute approximate surface area is 167 Å². The van der Waals surface area contributed by atoms with Crippen LogP contribution in [0.1, 0.15) is 62.7 Å². The molecule has 0 spiro atoms. The van der Waals surface area contributed by atoms with Gasteiger partial charge in [-0.3, -0.25) is 9.78 Å². The van der Waals surface area contributed by atoms with Crippen LogP contribution in [0.15, 0.2) is 55.0 Å². The van der Waals surface area contributed by atoms with Gasteiger partial charge in [-0.2, -0.15) is 0 Å². The lowest BCUT2D eigenvalue weighted by Crippen LogP contribution is -2.38. The van der Waals surface area contributed by atoms with Crippen molar-refractivity contribution in [3.8, 4) is 0 Å². The molecule has 0 unspecified atom stereocenters. The second-order valence-corrected chi connectivity index (χ2v) is 8.06. The summed E-state index contributed by atoms with van der Waals surface area (Å²) in [5, 5.41) is 1.27. The summed E-state index contributed by atoms with van der Waals surface area (Å²) < 4.78 is 2.31. The van der Waals surface area contributed by atoms with Crippen molar-refractivity contribution in [3.05, 3.63) is 66.1 Å². The number of benzene rings is 1. The van der Waals surface area contributed by atoms with Gasteiger partial charge in [0.2, 0.25) is 5.91 Å². The Morgan fingerprint density at radius 3 is 2.82 bits per heavy atom. The van der Waals surface area contributed by atoms with Gasteiger partial charge in [0.05, 0.1) is 6.04 Å². The molecule has 0 N–H and O–H groups in total. The smallest absolute Gasteiger partial charge is 0.223 e. The average molecular weight is 376 g/mol. The predicted molar refractivity (Wildman–Crippen MR) is 113 cm³/mol. The van der Waals surface area contributed by atoms with Gasteiger partial charge in [-0.1, -0.05) is 24.3 Å². The third-order valence-corrected chi connectivity index (χ3v) is 5.88. The van der Waals surface area contributed by atoms with E-state index in [2.05, 4.69) is 64.8 Å². The van der Waals surface area contributed by atoms with E-state index in [1.54, 1.807) is 6.20 Å². The number of carbonyl (C=O) groups is 1. The molecule has 4 heteroatoms. The van der Waals surface area contributed by atoms with E-state index in [1.165, 1.54) is 22.9 Å². The number of nitrogens with zero attached hydrogens (tertiary/aromatic N) is 3. The van der Waals surface area contributed by atoms with Crippen molar-refractivity contribution in [3.63, 3.8) is 0 Å². The highest BCUT2D eigenvalue weighted by atomic mass is 16.2. The molecule has 1 aromatic carbocycles. The van der Waals surface area contributed by atoms with Crippen LogP contribution < -0.4 is 0 Å². The molecule has 1 amide bonds. The molecule has 3 aromatic rings. The number of likely N-dealkylation sites (tertiary alicyclic amines) is 1. The zero-order chi connectivity index (χ0) is 19.5. The minimum absolute atomic E-state index is 0.173. The fraction of sp³-hybridized carbons (Fsp3) is 0.417. The SMILES string of the molecule is CC(C)n1cc(CCC(=O)N2CCCC[C@@H]2c2cccnc2)c2ccccc21. The molecule has 2 aromatic heterocycles. The Bertz CT molecular complexity index is 945. The number of pyridine rings is 1. The van der Waals surface area contributed by atoms with Gasteiger partial charge in [-0.15, -0.1) is 0 Å². The van der Waals surface area contributed by atoms with E-state index in [9.17, 15) is 4.79 Å².